The Hall–Kier alpha value is -2.26. The minimum atomic E-state index is -3.44. The van der Waals surface area contributed by atoms with E-state index in [2.05, 4.69) is 33.7 Å². The number of benzene rings is 2. The molecule has 0 saturated carbocycles. The van der Waals surface area contributed by atoms with Gasteiger partial charge in [0.05, 0.1) is 11.0 Å². The highest BCUT2D eigenvalue weighted by Gasteiger charge is 2.30. The first-order valence-corrected chi connectivity index (χ1v) is 15.2. The summed E-state index contributed by atoms with van der Waals surface area (Å²) in [5.74, 6) is -0.0101. The van der Waals surface area contributed by atoms with Crippen LogP contribution in [0.15, 0.2) is 78.9 Å². The summed E-state index contributed by atoms with van der Waals surface area (Å²) in [5, 5.41) is -0.465. The van der Waals surface area contributed by atoms with E-state index >= 15 is 0 Å². The molecule has 0 heterocycles. The van der Waals surface area contributed by atoms with Crippen LogP contribution in [0.3, 0.4) is 0 Å². The van der Waals surface area contributed by atoms with Crippen molar-refractivity contribution in [1.29, 1.82) is 0 Å². The minimum absolute atomic E-state index is 0.0279. The first kappa shape index (κ1) is 27.3. The summed E-state index contributed by atoms with van der Waals surface area (Å²) in [7, 11) is -6.74. The van der Waals surface area contributed by atoms with Crippen LogP contribution in [0.1, 0.15) is 56.2 Å². The van der Waals surface area contributed by atoms with Gasteiger partial charge in [0.25, 0.3) is 0 Å². The van der Waals surface area contributed by atoms with E-state index in [-0.39, 0.29) is 17.1 Å². The Labute approximate surface area is 210 Å². The molecule has 2 unspecified atom stereocenters. The van der Waals surface area contributed by atoms with Crippen LogP contribution in [-0.4, -0.2) is 35.2 Å². The van der Waals surface area contributed by atoms with Crippen LogP contribution in [-0.2, 0) is 31.2 Å². The lowest BCUT2D eigenvalue weighted by atomic mass is 9.72. The maximum absolute atomic E-state index is 12.6. The van der Waals surface area contributed by atoms with Gasteiger partial charge in [-0.05, 0) is 49.3 Å². The topological polar surface area (TPSA) is 92.3 Å². The van der Waals surface area contributed by atoms with Gasteiger partial charge in [-0.2, -0.15) is 0 Å². The predicted octanol–water partition coefficient (Wildman–Crippen LogP) is 4.38. The van der Waals surface area contributed by atoms with E-state index in [0.717, 1.165) is 23.1 Å². The Morgan fingerprint density at radius 2 is 1.57 bits per heavy atom. The van der Waals surface area contributed by atoms with Crippen LogP contribution >= 0.6 is 0 Å². The molecule has 0 bridgehead atoms. The summed E-state index contributed by atoms with van der Waals surface area (Å²) in [4.78, 5) is 0. The second-order valence-electron chi connectivity index (χ2n) is 9.50. The average Bonchev–Trinajstić information content (AvgIpc) is 2.83. The molecule has 0 aliphatic heterocycles. The highest BCUT2D eigenvalue weighted by atomic mass is 32.2. The predicted molar refractivity (Wildman–Crippen MR) is 143 cm³/mol. The molecule has 1 aliphatic carbocycles. The average molecular weight is 517 g/mol. The zero-order valence-electron chi connectivity index (χ0n) is 20.6. The number of hydrogen-bond donors (Lipinski definition) is 2. The normalized spacial score (nSPS) is 19.2. The van der Waals surface area contributed by atoms with E-state index in [4.69, 9.17) is 0 Å². The molecule has 8 heteroatoms. The third-order valence-corrected chi connectivity index (χ3v) is 9.67. The summed E-state index contributed by atoms with van der Waals surface area (Å²) < 4.78 is 54.8. The molecule has 0 amide bonds. The third kappa shape index (κ3) is 7.61. The number of hydrogen-bond acceptors (Lipinski definition) is 4. The van der Waals surface area contributed by atoms with Crippen molar-refractivity contribution in [3.8, 4) is 0 Å². The molecule has 0 radical (unpaired) electrons. The van der Waals surface area contributed by atoms with Crippen molar-refractivity contribution in [3.63, 3.8) is 0 Å². The fraction of sp³-hybridized carbons (Fsp3) is 0.407. The van der Waals surface area contributed by atoms with Gasteiger partial charge in [0.1, 0.15) is 0 Å². The smallest absolute Gasteiger partial charge is 0.215 e. The molecule has 2 aromatic carbocycles. The van der Waals surface area contributed by atoms with Crippen molar-refractivity contribution in [1.82, 2.24) is 9.44 Å². The van der Waals surface area contributed by atoms with E-state index < -0.39 is 25.3 Å². The van der Waals surface area contributed by atoms with Crippen LogP contribution in [0.5, 0.6) is 0 Å². The van der Waals surface area contributed by atoms with E-state index in [0.29, 0.717) is 19.5 Å². The van der Waals surface area contributed by atoms with Gasteiger partial charge in [0.2, 0.25) is 20.0 Å². The van der Waals surface area contributed by atoms with Crippen LogP contribution < -0.4 is 9.44 Å². The van der Waals surface area contributed by atoms with Gasteiger partial charge in [-0.3, -0.25) is 0 Å². The van der Waals surface area contributed by atoms with Crippen molar-refractivity contribution in [2.24, 2.45) is 0 Å². The summed E-state index contributed by atoms with van der Waals surface area (Å²) in [6.07, 6.45) is 9.69. The first-order chi connectivity index (χ1) is 16.5. The Morgan fingerprint density at radius 1 is 0.886 bits per heavy atom. The quantitative estimate of drug-likeness (QED) is 0.438. The largest absolute Gasteiger partial charge is 0.215 e. The summed E-state index contributed by atoms with van der Waals surface area (Å²) in [5.41, 5.74) is 2.62. The van der Waals surface area contributed by atoms with Gasteiger partial charge >= 0.3 is 0 Å². The maximum Gasteiger partial charge on any atom is 0.215 e. The Balaban J connectivity index is 1.66. The van der Waals surface area contributed by atoms with Crippen LogP contribution in [0.4, 0.5) is 0 Å². The second-order valence-corrected chi connectivity index (χ2v) is 13.6. The van der Waals surface area contributed by atoms with Gasteiger partial charge in [-0.15, -0.1) is 0 Å². The Kier molecular flexibility index (Phi) is 9.10. The lowest BCUT2D eigenvalue weighted by Gasteiger charge is -2.32. The number of sulfonamides is 2. The molecule has 2 atom stereocenters. The zero-order valence-corrected chi connectivity index (χ0v) is 22.3. The van der Waals surface area contributed by atoms with Gasteiger partial charge in [0, 0.05) is 18.5 Å². The van der Waals surface area contributed by atoms with E-state index in [1.165, 1.54) is 0 Å². The highest BCUT2D eigenvalue weighted by molar-refractivity contribution is 7.90. The number of nitrogens with one attached hydrogen (secondary N) is 2. The van der Waals surface area contributed by atoms with Crippen LogP contribution in [0.2, 0.25) is 0 Å². The molecule has 0 saturated heterocycles. The molecule has 0 fully saturated rings. The third-order valence-electron chi connectivity index (χ3n) is 6.50. The summed E-state index contributed by atoms with van der Waals surface area (Å²) >= 11 is 0. The Bertz CT molecular complexity index is 1240. The number of rotatable bonds is 12. The lowest BCUT2D eigenvalue weighted by Crippen LogP contribution is -2.33. The van der Waals surface area contributed by atoms with Crippen molar-refractivity contribution in [2.75, 3.05) is 13.1 Å². The molecule has 0 spiro atoms. The molecule has 2 N–H and O–H groups in total. The zero-order chi connectivity index (χ0) is 25.5. The SMILES string of the molecule is CC(CNS(=O)(=O)C(C)C)c1ccc(C2(CCNS(=O)(=O)Cc3ccccc3)C=CC=CC2)cc1. The van der Waals surface area contributed by atoms with E-state index in [1.807, 2.05) is 61.5 Å². The molecule has 35 heavy (non-hydrogen) atoms. The lowest BCUT2D eigenvalue weighted by molar-refractivity contribution is 0.485. The van der Waals surface area contributed by atoms with Gasteiger partial charge in [-0.1, -0.05) is 85.8 Å². The monoisotopic (exact) mass is 516 g/mol. The maximum atomic E-state index is 12.6. The number of allylic oxidation sites excluding steroid dienone is 4. The molecule has 1 aliphatic rings. The van der Waals surface area contributed by atoms with Crippen molar-refractivity contribution in [2.45, 2.75) is 55.9 Å². The van der Waals surface area contributed by atoms with Crippen LogP contribution in [0, 0.1) is 0 Å². The van der Waals surface area contributed by atoms with E-state index in [9.17, 15) is 16.8 Å². The van der Waals surface area contributed by atoms with Crippen LogP contribution in [0.25, 0.3) is 0 Å². The van der Waals surface area contributed by atoms with Crippen molar-refractivity contribution < 1.29 is 16.8 Å². The van der Waals surface area contributed by atoms with E-state index in [1.54, 1.807) is 13.8 Å². The first-order valence-electron chi connectivity index (χ1n) is 12.0. The fourth-order valence-electron chi connectivity index (χ4n) is 4.15. The molecule has 6 nitrogen and oxygen atoms in total. The second kappa shape index (κ2) is 11.6. The molecular formula is C27H36N2O4S2. The Morgan fingerprint density at radius 3 is 2.17 bits per heavy atom. The van der Waals surface area contributed by atoms with Crippen molar-refractivity contribution in [3.05, 3.63) is 95.6 Å². The minimum Gasteiger partial charge on any atom is -0.215 e. The summed E-state index contributed by atoms with van der Waals surface area (Å²) in [6, 6.07) is 17.4. The fourth-order valence-corrected chi connectivity index (χ4v) is 6.11. The summed E-state index contributed by atoms with van der Waals surface area (Å²) in [6.45, 7) is 6.00. The highest BCUT2D eigenvalue weighted by Crippen LogP contribution is 2.36. The standard InChI is InChI=1S/C27H36N2O4S2/c1-22(2)35(32,33)29-20-23(3)25-12-14-26(15-13-25)27(16-8-5-9-17-27)18-19-28-34(30,31)21-24-10-6-4-7-11-24/h4-16,22-23,28-29H,17-21H2,1-3H3. The van der Waals surface area contributed by atoms with Crippen molar-refractivity contribution >= 4 is 20.0 Å². The molecule has 2 aromatic rings. The van der Waals surface area contributed by atoms with Gasteiger partial charge in [-0.25, -0.2) is 26.3 Å². The van der Waals surface area contributed by atoms with Gasteiger partial charge < -0.3 is 0 Å². The molecule has 3 rings (SSSR count). The van der Waals surface area contributed by atoms with Gasteiger partial charge in [0.15, 0.2) is 0 Å². The molecule has 0 aromatic heterocycles. The molecular weight excluding hydrogens is 480 g/mol. The molecule has 190 valence electrons.